The van der Waals surface area contributed by atoms with E-state index in [9.17, 15) is 0 Å². The summed E-state index contributed by atoms with van der Waals surface area (Å²) in [6, 6.07) is 5.69. The van der Waals surface area contributed by atoms with Crippen LogP contribution in [0.5, 0.6) is 0 Å². The molecule has 0 fully saturated rings. The van der Waals surface area contributed by atoms with Crippen LogP contribution >= 0.6 is 39.1 Å². The van der Waals surface area contributed by atoms with Gasteiger partial charge in [-0.15, -0.1) is 0 Å². The monoisotopic (exact) mass is 382 g/mol. The minimum atomic E-state index is -1.81. The van der Waals surface area contributed by atoms with Crippen LogP contribution in [0.15, 0.2) is 18.2 Å². The molecule has 0 saturated carbocycles. The minimum absolute atomic E-state index is 0.00987. The van der Waals surface area contributed by atoms with E-state index >= 15 is 0 Å². The van der Waals surface area contributed by atoms with E-state index in [-0.39, 0.29) is 11.1 Å². The lowest BCUT2D eigenvalue weighted by molar-refractivity contribution is 0.208. The summed E-state index contributed by atoms with van der Waals surface area (Å²) in [4.78, 5) is 0. The van der Waals surface area contributed by atoms with Gasteiger partial charge in [0.05, 0.1) is 16.1 Å². The van der Waals surface area contributed by atoms with Crippen molar-refractivity contribution in [1.82, 2.24) is 0 Å². The van der Waals surface area contributed by atoms with Crippen molar-refractivity contribution in [3.05, 3.63) is 33.8 Å². The van der Waals surface area contributed by atoms with E-state index in [1.54, 1.807) is 0 Å². The van der Waals surface area contributed by atoms with Crippen molar-refractivity contribution >= 4 is 47.4 Å². The van der Waals surface area contributed by atoms with Crippen molar-refractivity contribution in [1.29, 1.82) is 0 Å². The zero-order chi connectivity index (χ0) is 14.8. The molecule has 1 aromatic carbocycles. The first-order valence-corrected chi connectivity index (χ1v) is 11.1. The Morgan fingerprint density at radius 2 is 1.79 bits per heavy atom. The van der Waals surface area contributed by atoms with Crippen molar-refractivity contribution < 1.29 is 4.43 Å². The molecule has 0 saturated heterocycles. The van der Waals surface area contributed by atoms with Crippen LogP contribution in [-0.2, 0) is 4.43 Å². The van der Waals surface area contributed by atoms with E-state index in [0.717, 1.165) is 10.9 Å². The molecule has 108 valence electrons. The smallest absolute Gasteiger partial charge is 0.192 e. The molecule has 0 aliphatic rings. The Labute approximate surface area is 135 Å². The number of hydrogen-bond acceptors (Lipinski definition) is 1. The number of hydrogen-bond donors (Lipinski definition) is 0. The molecule has 1 rings (SSSR count). The molecule has 0 amide bonds. The number of halogens is 3. The lowest BCUT2D eigenvalue weighted by atomic mass is 10.1. The van der Waals surface area contributed by atoms with E-state index in [1.165, 1.54) is 0 Å². The Hall–Kier alpha value is 0.457. The van der Waals surface area contributed by atoms with Gasteiger partial charge < -0.3 is 4.43 Å². The molecule has 0 heterocycles. The molecule has 1 atom stereocenters. The average molecular weight is 384 g/mol. The maximum Gasteiger partial charge on any atom is 0.192 e. The standard InChI is InChI=1S/C14H21BrCl2OSi/c1-14(2,3)19(4,5)18-13(9-15)10-6-7-11(16)12(17)8-10/h6-8,13H,9H2,1-5H3. The van der Waals surface area contributed by atoms with Crippen LogP contribution in [0.4, 0.5) is 0 Å². The predicted molar refractivity (Wildman–Crippen MR) is 91.3 cm³/mol. The van der Waals surface area contributed by atoms with Gasteiger partial charge in [0.25, 0.3) is 0 Å². The fourth-order valence-electron chi connectivity index (χ4n) is 1.43. The SMILES string of the molecule is CC(C)(C)[Si](C)(C)OC(CBr)c1ccc(Cl)c(Cl)c1. The van der Waals surface area contributed by atoms with Crippen LogP contribution in [0.25, 0.3) is 0 Å². The maximum absolute atomic E-state index is 6.42. The fourth-order valence-corrected chi connectivity index (χ4v) is 3.77. The van der Waals surface area contributed by atoms with E-state index in [1.807, 2.05) is 18.2 Å². The summed E-state index contributed by atoms with van der Waals surface area (Å²) in [7, 11) is -1.81. The van der Waals surface area contributed by atoms with E-state index in [0.29, 0.717) is 10.0 Å². The second-order valence-corrected chi connectivity index (χ2v) is 12.4. The van der Waals surface area contributed by atoms with Crippen molar-refractivity contribution in [2.24, 2.45) is 0 Å². The molecular formula is C14H21BrCl2OSi. The summed E-state index contributed by atoms with van der Waals surface area (Å²) in [5.74, 6) is 0. The Morgan fingerprint density at radius 1 is 1.21 bits per heavy atom. The molecule has 0 aromatic heterocycles. The highest BCUT2D eigenvalue weighted by Crippen LogP contribution is 2.40. The van der Waals surface area contributed by atoms with Crippen molar-refractivity contribution in [3.63, 3.8) is 0 Å². The number of benzene rings is 1. The summed E-state index contributed by atoms with van der Waals surface area (Å²) in [5, 5.41) is 2.08. The summed E-state index contributed by atoms with van der Waals surface area (Å²) >= 11 is 15.6. The molecule has 19 heavy (non-hydrogen) atoms. The molecule has 0 bridgehead atoms. The topological polar surface area (TPSA) is 9.23 Å². The average Bonchev–Trinajstić information content (AvgIpc) is 2.28. The third-order valence-electron chi connectivity index (χ3n) is 3.70. The van der Waals surface area contributed by atoms with Crippen LogP contribution in [-0.4, -0.2) is 13.6 Å². The number of alkyl halides is 1. The zero-order valence-corrected chi connectivity index (χ0v) is 16.2. The summed E-state index contributed by atoms with van der Waals surface area (Å²) < 4.78 is 6.42. The molecular weight excluding hydrogens is 363 g/mol. The van der Waals surface area contributed by atoms with Gasteiger partial charge in [-0.1, -0.05) is 66.0 Å². The Bertz CT molecular complexity index is 444. The lowest BCUT2D eigenvalue weighted by Gasteiger charge is -2.39. The predicted octanol–water partition coefficient (Wildman–Crippen LogP) is 6.45. The molecule has 0 spiro atoms. The molecule has 0 aliphatic heterocycles. The first-order chi connectivity index (χ1) is 8.58. The lowest BCUT2D eigenvalue weighted by Crippen LogP contribution is -2.42. The first-order valence-electron chi connectivity index (χ1n) is 6.27. The summed E-state index contributed by atoms with van der Waals surface area (Å²) in [6.45, 7) is 11.2. The molecule has 0 radical (unpaired) electrons. The highest BCUT2D eigenvalue weighted by Gasteiger charge is 2.39. The second kappa shape index (κ2) is 6.48. The van der Waals surface area contributed by atoms with Crippen LogP contribution in [0, 0.1) is 0 Å². The van der Waals surface area contributed by atoms with E-state index < -0.39 is 8.32 Å². The quantitative estimate of drug-likeness (QED) is 0.428. The molecule has 0 aliphatic carbocycles. The Morgan fingerprint density at radius 3 is 2.21 bits per heavy atom. The molecule has 1 nitrogen and oxygen atoms in total. The van der Waals surface area contributed by atoms with Crippen molar-refractivity contribution in [2.45, 2.75) is 45.0 Å². The second-order valence-electron chi connectivity index (χ2n) is 6.19. The van der Waals surface area contributed by atoms with Crippen molar-refractivity contribution in [3.8, 4) is 0 Å². The van der Waals surface area contributed by atoms with Crippen molar-refractivity contribution in [2.75, 3.05) is 5.33 Å². The summed E-state index contributed by atoms with van der Waals surface area (Å²) in [6.07, 6.45) is 0.00987. The molecule has 1 unspecified atom stereocenters. The van der Waals surface area contributed by atoms with Gasteiger partial charge in [-0.2, -0.15) is 0 Å². The fraction of sp³-hybridized carbons (Fsp3) is 0.571. The first kappa shape index (κ1) is 17.5. The summed E-state index contributed by atoms with van der Waals surface area (Å²) in [5.41, 5.74) is 1.07. The minimum Gasteiger partial charge on any atom is -0.409 e. The van der Waals surface area contributed by atoms with Gasteiger partial charge in [0, 0.05) is 5.33 Å². The highest BCUT2D eigenvalue weighted by molar-refractivity contribution is 9.09. The van der Waals surface area contributed by atoms with Gasteiger partial charge in [-0.25, -0.2) is 0 Å². The van der Waals surface area contributed by atoms with Crippen LogP contribution in [0.1, 0.15) is 32.4 Å². The third-order valence-corrected chi connectivity index (χ3v) is 9.51. The van der Waals surface area contributed by atoms with Crippen LogP contribution < -0.4 is 0 Å². The van der Waals surface area contributed by atoms with Gasteiger partial charge in [0.2, 0.25) is 0 Å². The third kappa shape index (κ3) is 4.47. The van der Waals surface area contributed by atoms with Gasteiger partial charge in [0.15, 0.2) is 8.32 Å². The normalized spacial score (nSPS) is 14.5. The van der Waals surface area contributed by atoms with Gasteiger partial charge in [0.1, 0.15) is 0 Å². The Kier molecular flexibility index (Phi) is 5.97. The van der Waals surface area contributed by atoms with Gasteiger partial charge in [-0.3, -0.25) is 0 Å². The molecule has 0 N–H and O–H groups in total. The molecule has 1 aromatic rings. The largest absolute Gasteiger partial charge is 0.409 e. The van der Waals surface area contributed by atoms with Gasteiger partial charge >= 0.3 is 0 Å². The highest BCUT2D eigenvalue weighted by atomic mass is 79.9. The van der Waals surface area contributed by atoms with Crippen LogP contribution in [0.2, 0.25) is 28.2 Å². The van der Waals surface area contributed by atoms with E-state index in [2.05, 4.69) is 49.8 Å². The van der Waals surface area contributed by atoms with E-state index in [4.69, 9.17) is 27.6 Å². The molecule has 5 heteroatoms. The zero-order valence-electron chi connectivity index (χ0n) is 12.1. The maximum atomic E-state index is 6.42. The number of rotatable bonds is 4. The Balaban J connectivity index is 2.99. The van der Waals surface area contributed by atoms with Crippen LogP contribution in [0.3, 0.4) is 0 Å². The van der Waals surface area contributed by atoms with Gasteiger partial charge in [-0.05, 0) is 35.8 Å².